The van der Waals surface area contributed by atoms with Crippen LogP contribution in [0.2, 0.25) is 0 Å². The molecule has 4 heteroatoms. The highest BCUT2D eigenvalue weighted by Gasteiger charge is 2.12. The maximum Gasteiger partial charge on any atom is 0.166 e. The molecule has 14 heavy (non-hydrogen) atoms. The summed E-state index contributed by atoms with van der Waals surface area (Å²) < 4.78 is 10.3. The summed E-state index contributed by atoms with van der Waals surface area (Å²) in [6, 6.07) is 3.49. The molecule has 0 atom stereocenters. The van der Waals surface area contributed by atoms with Crippen molar-refractivity contribution in [2.24, 2.45) is 0 Å². The number of hydrogen-bond donors (Lipinski definition) is 2. The molecule has 0 spiro atoms. The lowest BCUT2D eigenvalue weighted by Gasteiger charge is -2.13. The molecule has 0 unspecified atom stereocenters. The van der Waals surface area contributed by atoms with Gasteiger partial charge in [-0.3, -0.25) is 0 Å². The van der Waals surface area contributed by atoms with Crippen molar-refractivity contribution in [3.8, 4) is 11.5 Å². The first-order valence-corrected chi connectivity index (χ1v) is 4.34. The maximum absolute atomic E-state index is 8.88. The van der Waals surface area contributed by atoms with E-state index >= 15 is 0 Å². The monoisotopic (exact) mass is 197 g/mol. The van der Waals surface area contributed by atoms with Gasteiger partial charge in [0.1, 0.15) is 0 Å². The summed E-state index contributed by atoms with van der Waals surface area (Å²) in [4.78, 5) is 0. The van der Waals surface area contributed by atoms with Crippen LogP contribution in [-0.2, 0) is 6.42 Å². The number of benzene rings is 1. The van der Waals surface area contributed by atoms with Crippen LogP contribution in [-0.4, -0.2) is 25.9 Å². The molecule has 0 radical (unpaired) electrons. The van der Waals surface area contributed by atoms with Gasteiger partial charge in [-0.05, 0) is 12.1 Å². The molecule has 1 rings (SSSR count). The summed E-state index contributed by atoms with van der Waals surface area (Å²) >= 11 is 0. The van der Waals surface area contributed by atoms with Crippen LogP contribution in [0.5, 0.6) is 11.5 Å². The molecule has 0 fully saturated rings. The Hall–Kier alpha value is -1.42. The van der Waals surface area contributed by atoms with Crippen molar-refractivity contribution in [3.63, 3.8) is 0 Å². The van der Waals surface area contributed by atoms with Gasteiger partial charge in [0.15, 0.2) is 11.5 Å². The molecular formula is C10H15NO3. The molecule has 4 nitrogen and oxygen atoms in total. The van der Waals surface area contributed by atoms with Gasteiger partial charge in [0.2, 0.25) is 0 Å². The average Bonchev–Trinajstić information content (AvgIpc) is 2.21. The first kappa shape index (κ1) is 10.7. The van der Waals surface area contributed by atoms with Crippen LogP contribution in [0.15, 0.2) is 12.1 Å². The average molecular weight is 197 g/mol. The first-order valence-electron chi connectivity index (χ1n) is 4.34. The Kier molecular flexibility index (Phi) is 3.59. The number of hydrogen-bond acceptors (Lipinski definition) is 4. The zero-order valence-electron chi connectivity index (χ0n) is 8.41. The van der Waals surface area contributed by atoms with Gasteiger partial charge in [-0.1, -0.05) is 0 Å². The minimum absolute atomic E-state index is 0.0354. The second kappa shape index (κ2) is 4.72. The molecule has 1 aromatic carbocycles. The second-order valence-corrected chi connectivity index (χ2v) is 2.84. The number of methoxy groups -OCH3 is 2. The number of rotatable bonds is 4. The van der Waals surface area contributed by atoms with E-state index in [9.17, 15) is 0 Å². The normalized spacial score (nSPS) is 9.93. The first-order chi connectivity index (χ1) is 6.74. The number of nitrogens with two attached hydrogens (primary N) is 1. The topological polar surface area (TPSA) is 64.7 Å². The molecule has 0 amide bonds. The summed E-state index contributed by atoms with van der Waals surface area (Å²) in [5, 5.41) is 8.88. The highest BCUT2D eigenvalue weighted by atomic mass is 16.5. The van der Waals surface area contributed by atoms with E-state index in [0.29, 0.717) is 23.6 Å². The Morgan fingerprint density at radius 3 is 2.50 bits per heavy atom. The molecule has 0 saturated carbocycles. The smallest absolute Gasteiger partial charge is 0.166 e. The maximum atomic E-state index is 8.88. The zero-order valence-corrected chi connectivity index (χ0v) is 8.41. The molecule has 0 heterocycles. The van der Waals surface area contributed by atoms with Crippen molar-refractivity contribution in [1.29, 1.82) is 0 Å². The number of anilines is 1. The van der Waals surface area contributed by atoms with Crippen LogP contribution in [0.3, 0.4) is 0 Å². The molecule has 0 aliphatic carbocycles. The lowest BCUT2D eigenvalue weighted by atomic mass is 10.1. The molecule has 0 aliphatic heterocycles. The Labute approximate surface area is 83.3 Å². The van der Waals surface area contributed by atoms with Crippen LogP contribution in [0.25, 0.3) is 0 Å². The van der Waals surface area contributed by atoms with Crippen molar-refractivity contribution in [2.45, 2.75) is 6.42 Å². The minimum Gasteiger partial charge on any atom is -0.493 e. The lowest BCUT2D eigenvalue weighted by Crippen LogP contribution is -2.02. The SMILES string of the molecule is COc1ccc(N)c(CCO)c1OC. The predicted molar refractivity (Wildman–Crippen MR) is 54.7 cm³/mol. The van der Waals surface area contributed by atoms with E-state index in [2.05, 4.69) is 0 Å². The van der Waals surface area contributed by atoms with E-state index in [0.717, 1.165) is 5.56 Å². The zero-order chi connectivity index (χ0) is 10.6. The standard InChI is InChI=1S/C10H15NO3/c1-13-9-4-3-8(11)7(5-6-12)10(9)14-2/h3-4,12H,5-6,11H2,1-2H3. The van der Waals surface area contributed by atoms with Crippen molar-refractivity contribution >= 4 is 5.69 Å². The minimum atomic E-state index is 0.0354. The quantitative estimate of drug-likeness (QED) is 0.701. The van der Waals surface area contributed by atoms with Gasteiger partial charge < -0.3 is 20.3 Å². The summed E-state index contributed by atoms with van der Waals surface area (Å²) in [6.45, 7) is 0.0354. The number of nitrogen functional groups attached to an aromatic ring is 1. The van der Waals surface area contributed by atoms with Gasteiger partial charge in [0, 0.05) is 24.3 Å². The summed E-state index contributed by atoms with van der Waals surface area (Å²) in [7, 11) is 3.12. The highest BCUT2D eigenvalue weighted by molar-refractivity contribution is 5.60. The third-order valence-electron chi connectivity index (χ3n) is 2.05. The van der Waals surface area contributed by atoms with Crippen LogP contribution in [0, 0.1) is 0 Å². The van der Waals surface area contributed by atoms with Crippen LogP contribution >= 0.6 is 0 Å². The molecule has 3 N–H and O–H groups in total. The van der Waals surface area contributed by atoms with E-state index in [1.165, 1.54) is 0 Å². The molecule has 0 aromatic heterocycles. The van der Waals surface area contributed by atoms with Crippen molar-refractivity contribution < 1.29 is 14.6 Å². The fourth-order valence-corrected chi connectivity index (χ4v) is 1.38. The largest absolute Gasteiger partial charge is 0.493 e. The third kappa shape index (κ3) is 1.90. The fourth-order valence-electron chi connectivity index (χ4n) is 1.38. The van der Waals surface area contributed by atoms with Gasteiger partial charge in [-0.25, -0.2) is 0 Å². The number of aliphatic hydroxyl groups is 1. The number of ether oxygens (including phenoxy) is 2. The Balaban J connectivity index is 3.20. The van der Waals surface area contributed by atoms with Crippen molar-refractivity contribution in [3.05, 3.63) is 17.7 Å². The van der Waals surface area contributed by atoms with Gasteiger partial charge in [-0.15, -0.1) is 0 Å². The van der Waals surface area contributed by atoms with Crippen LogP contribution in [0.1, 0.15) is 5.56 Å². The van der Waals surface area contributed by atoms with E-state index in [-0.39, 0.29) is 6.61 Å². The molecule has 0 saturated heterocycles. The van der Waals surface area contributed by atoms with Crippen molar-refractivity contribution in [1.82, 2.24) is 0 Å². The van der Waals surface area contributed by atoms with E-state index in [4.69, 9.17) is 20.3 Å². The molecule has 1 aromatic rings. The summed E-state index contributed by atoms with van der Waals surface area (Å²) in [5.74, 6) is 1.23. The van der Waals surface area contributed by atoms with E-state index < -0.39 is 0 Å². The van der Waals surface area contributed by atoms with Gasteiger partial charge in [-0.2, -0.15) is 0 Å². The summed E-state index contributed by atoms with van der Waals surface area (Å²) in [6.07, 6.45) is 0.464. The Bertz CT molecular complexity index is 312. The summed E-state index contributed by atoms with van der Waals surface area (Å²) in [5.41, 5.74) is 7.15. The second-order valence-electron chi connectivity index (χ2n) is 2.84. The molecular weight excluding hydrogens is 182 g/mol. The molecule has 0 aliphatic rings. The lowest BCUT2D eigenvalue weighted by molar-refractivity contribution is 0.295. The Morgan fingerprint density at radius 2 is 2.00 bits per heavy atom. The van der Waals surface area contributed by atoms with Crippen LogP contribution < -0.4 is 15.2 Å². The van der Waals surface area contributed by atoms with Gasteiger partial charge in [0.05, 0.1) is 14.2 Å². The van der Waals surface area contributed by atoms with Gasteiger partial charge in [0.25, 0.3) is 0 Å². The molecule has 78 valence electrons. The predicted octanol–water partition coefficient (Wildman–Crippen LogP) is 0.821. The number of aliphatic hydroxyl groups excluding tert-OH is 1. The Morgan fingerprint density at radius 1 is 1.29 bits per heavy atom. The molecule has 0 bridgehead atoms. The van der Waals surface area contributed by atoms with E-state index in [1.54, 1.807) is 26.4 Å². The van der Waals surface area contributed by atoms with Crippen LogP contribution in [0.4, 0.5) is 5.69 Å². The third-order valence-corrected chi connectivity index (χ3v) is 2.05. The fraction of sp³-hybridized carbons (Fsp3) is 0.400. The van der Waals surface area contributed by atoms with Crippen molar-refractivity contribution in [2.75, 3.05) is 26.6 Å². The van der Waals surface area contributed by atoms with Gasteiger partial charge >= 0.3 is 0 Å². The van der Waals surface area contributed by atoms with E-state index in [1.807, 2.05) is 0 Å². The highest BCUT2D eigenvalue weighted by Crippen LogP contribution is 2.34.